The maximum absolute atomic E-state index is 2.56. The van der Waals surface area contributed by atoms with Crippen molar-refractivity contribution < 1.29 is 0 Å². The normalized spacial score (nSPS) is 12.6. The monoisotopic (exact) mass is 826 g/mol. The molecule has 302 valence electrons. The molecule has 4 nitrogen and oxygen atoms in total. The van der Waals surface area contributed by atoms with Crippen LogP contribution in [0.4, 0.5) is 0 Å². The zero-order valence-corrected chi connectivity index (χ0v) is 35.3. The zero-order chi connectivity index (χ0) is 42.3. The van der Waals surface area contributed by atoms with Crippen LogP contribution in [0.2, 0.25) is 0 Å². The maximum atomic E-state index is 2.56. The first-order valence-corrected chi connectivity index (χ1v) is 22.6. The Morgan fingerprint density at radius 2 is 0.554 bits per heavy atom. The van der Waals surface area contributed by atoms with Crippen molar-refractivity contribution in [2.75, 3.05) is 0 Å². The highest BCUT2D eigenvalue weighted by molar-refractivity contribution is 6.13. The van der Waals surface area contributed by atoms with E-state index in [-0.39, 0.29) is 0 Å². The lowest BCUT2D eigenvalue weighted by molar-refractivity contribution is 0.954. The molecule has 65 heavy (non-hydrogen) atoms. The van der Waals surface area contributed by atoms with Crippen molar-refractivity contribution in [3.63, 3.8) is 0 Å². The lowest BCUT2D eigenvalue weighted by atomic mass is 9.80. The van der Waals surface area contributed by atoms with Crippen LogP contribution in [0.3, 0.4) is 0 Å². The summed E-state index contributed by atoms with van der Waals surface area (Å²) in [7, 11) is 0. The standard InChI is InChI=1S/C61H38N4/c1-9-25-52-41(17-1)42-18-2-10-26-53(42)62(52)39-33-38(34-40(35-39)63-54-27-11-3-19-43(54)44-20-4-12-28-55(44)63)49-37-60(64-56-29-13-5-21-45(56)46-22-6-14-30-57(46)64)51-36-50(49)61(51)65-58-31-15-7-23-47(58)48-24-8-16-32-59(48)65/h1-35,37H,36H2. The van der Waals surface area contributed by atoms with E-state index in [4.69, 9.17) is 0 Å². The van der Waals surface area contributed by atoms with Gasteiger partial charge in [-0.2, -0.15) is 0 Å². The van der Waals surface area contributed by atoms with Crippen LogP contribution in [-0.4, -0.2) is 18.3 Å². The average Bonchev–Trinajstić information content (AvgIpc) is 4.09. The van der Waals surface area contributed by atoms with E-state index in [0.29, 0.717) is 0 Å². The molecule has 0 unspecified atom stereocenters. The minimum atomic E-state index is 0.864. The molecular formula is C61H38N4. The number of para-hydroxylation sites is 8. The summed E-state index contributed by atoms with van der Waals surface area (Å²) in [6.45, 7) is 0. The smallest absolute Gasteiger partial charge is 0.0560 e. The van der Waals surface area contributed by atoms with E-state index >= 15 is 0 Å². The maximum Gasteiger partial charge on any atom is 0.0560 e. The minimum absolute atomic E-state index is 0.864. The topological polar surface area (TPSA) is 19.7 Å². The van der Waals surface area contributed by atoms with Gasteiger partial charge in [0.1, 0.15) is 0 Å². The summed E-state index contributed by atoms with van der Waals surface area (Å²) in [6, 6.07) is 80.9. The number of nitrogens with zero attached hydrogens (tertiary/aromatic N) is 4. The molecule has 0 saturated carbocycles. The van der Waals surface area contributed by atoms with E-state index < -0.39 is 0 Å². The second-order valence-corrected chi connectivity index (χ2v) is 17.6. The van der Waals surface area contributed by atoms with Crippen LogP contribution in [0.5, 0.6) is 0 Å². The van der Waals surface area contributed by atoms with Gasteiger partial charge in [0, 0.05) is 66.4 Å². The number of aromatic nitrogens is 4. The van der Waals surface area contributed by atoms with Gasteiger partial charge in [0.05, 0.1) is 55.5 Å². The van der Waals surface area contributed by atoms with Crippen molar-refractivity contribution in [2.24, 2.45) is 0 Å². The van der Waals surface area contributed by atoms with Gasteiger partial charge in [-0.05, 0) is 89.5 Å². The molecule has 0 atom stereocenters. The van der Waals surface area contributed by atoms with Gasteiger partial charge in [0.2, 0.25) is 0 Å². The van der Waals surface area contributed by atoms with Crippen molar-refractivity contribution in [3.8, 4) is 33.9 Å². The Hall–Kier alpha value is -8.60. The molecule has 4 heterocycles. The molecule has 4 heteroatoms. The summed E-state index contributed by atoms with van der Waals surface area (Å²) in [6.07, 6.45) is 0.864. The molecule has 16 rings (SSSR count). The average molecular weight is 827 g/mol. The summed E-state index contributed by atoms with van der Waals surface area (Å²) < 4.78 is 10.1. The van der Waals surface area contributed by atoms with Crippen molar-refractivity contribution in [1.82, 2.24) is 18.3 Å². The van der Waals surface area contributed by atoms with Gasteiger partial charge >= 0.3 is 0 Å². The van der Waals surface area contributed by atoms with Crippen molar-refractivity contribution in [3.05, 3.63) is 230 Å². The Bertz CT molecular complexity index is 3880. The molecule has 2 aliphatic rings. The van der Waals surface area contributed by atoms with Crippen molar-refractivity contribution in [1.29, 1.82) is 0 Å². The lowest BCUT2D eigenvalue weighted by Gasteiger charge is -2.33. The molecule has 2 aliphatic carbocycles. The predicted octanol–water partition coefficient (Wildman–Crippen LogP) is 15.6. The molecule has 0 N–H and O–H groups in total. The molecule has 0 saturated heterocycles. The Kier molecular flexibility index (Phi) is 6.97. The van der Waals surface area contributed by atoms with Gasteiger partial charge in [-0.25, -0.2) is 0 Å². The fourth-order valence-corrected chi connectivity index (χ4v) is 11.6. The SMILES string of the molecule is c1ccc2c(c1)c1ccccc1n2-c1cc(-c2cc(-n3c4ccccc4c4ccccc43)c3c(-n4c5ccccc5c5ccccc54)c2C3)cc(-n2c3ccccc3c3ccccc32)c1. The molecule has 14 aromatic rings. The summed E-state index contributed by atoms with van der Waals surface area (Å²) >= 11 is 0. The third-order valence-electron chi connectivity index (χ3n) is 14.4. The molecule has 2 bridgehead atoms. The second kappa shape index (κ2) is 13.0. The molecule has 0 aliphatic heterocycles. The minimum Gasteiger partial charge on any atom is -0.309 e. The molecule has 0 radical (unpaired) electrons. The summed E-state index contributed by atoms with van der Waals surface area (Å²) in [5.74, 6) is 0. The van der Waals surface area contributed by atoms with E-state index in [0.717, 1.165) is 17.8 Å². The Morgan fingerprint density at radius 1 is 0.262 bits per heavy atom. The van der Waals surface area contributed by atoms with Crippen LogP contribution in [-0.2, 0) is 6.42 Å². The fraction of sp³-hybridized carbons (Fsp3) is 0.0164. The molecular weight excluding hydrogens is 789 g/mol. The number of benzene rings is 10. The Balaban J connectivity index is 1.11. The van der Waals surface area contributed by atoms with E-state index in [1.165, 1.54) is 121 Å². The number of fused-ring (bicyclic) bond motifs is 14. The number of hydrogen-bond acceptors (Lipinski definition) is 0. The first kappa shape index (κ1) is 34.9. The predicted molar refractivity (Wildman–Crippen MR) is 272 cm³/mol. The molecule has 0 spiro atoms. The van der Waals surface area contributed by atoms with Crippen LogP contribution in [0, 0.1) is 0 Å². The van der Waals surface area contributed by atoms with Crippen molar-refractivity contribution in [2.45, 2.75) is 6.42 Å². The lowest BCUT2D eigenvalue weighted by Crippen LogP contribution is -2.19. The quantitative estimate of drug-likeness (QED) is 0.165. The number of rotatable bonds is 5. The Labute approximate surface area is 373 Å². The molecule has 4 aromatic heterocycles. The largest absolute Gasteiger partial charge is 0.309 e. The number of hydrogen-bond donors (Lipinski definition) is 0. The van der Waals surface area contributed by atoms with Gasteiger partial charge in [0.25, 0.3) is 0 Å². The van der Waals surface area contributed by atoms with Crippen LogP contribution < -0.4 is 0 Å². The van der Waals surface area contributed by atoms with Crippen LogP contribution in [0.25, 0.3) is 121 Å². The van der Waals surface area contributed by atoms with E-state index in [1.54, 1.807) is 0 Å². The van der Waals surface area contributed by atoms with E-state index in [2.05, 4.69) is 237 Å². The zero-order valence-electron chi connectivity index (χ0n) is 35.3. The summed E-state index contributed by atoms with van der Waals surface area (Å²) in [5, 5.41) is 10.1. The first-order chi connectivity index (χ1) is 32.3. The molecule has 0 fully saturated rings. The third kappa shape index (κ3) is 4.70. The second-order valence-electron chi connectivity index (χ2n) is 17.6. The highest BCUT2D eigenvalue weighted by Crippen LogP contribution is 2.50. The van der Waals surface area contributed by atoms with Crippen LogP contribution >= 0.6 is 0 Å². The van der Waals surface area contributed by atoms with Gasteiger partial charge in [-0.15, -0.1) is 0 Å². The first-order valence-electron chi connectivity index (χ1n) is 22.6. The summed E-state index contributed by atoms with van der Waals surface area (Å²) in [5.41, 5.74) is 19.6. The highest BCUT2D eigenvalue weighted by Gasteiger charge is 2.33. The van der Waals surface area contributed by atoms with Crippen molar-refractivity contribution >= 4 is 87.2 Å². The van der Waals surface area contributed by atoms with Gasteiger partial charge in [0.15, 0.2) is 0 Å². The summed E-state index contributed by atoms with van der Waals surface area (Å²) in [4.78, 5) is 0. The van der Waals surface area contributed by atoms with E-state index in [1.807, 2.05) is 0 Å². The van der Waals surface area contributed by atoms with Crippen LogP contribution in [0.15, 0.2) is 218 Å². The van der Waals surface area contributed by atoms with Gasteiger partial charge in [-0.1, -0.05) is 146 Å². The van der Waals surface area contributed by atoms with Crippen LogP contribution in [0.1, 0.15) is 11.1 Å². The van der Waals surface area contributed by atoms with Gasteiger partial charge in [-0.3, -0.25) is 0 Å². The molecule has 0 amide bonds. The fourth-order valence-electron chi connectivity index (χ4n) is 11.6. The van der Waals surface area contributed by atoms with E-state index in [9.17, 15) is 0 Å². The van der Waals surface area contributed by atoms with Gasteiger partial charge < -0.3 is 18.3 Å². The highest BCUT2D eigenvalue weighted by atomic mass is 15.0. The Morgan fingerprint density at radius 3 is 0.892 bits per heavy atom. The third-order valence-corrected chi connectivity index (χ3v) is 14.4. The molecule has 10 aromatic carbocycles.